The Morgan fingerprint density at radius 3 is 2.77 bits per heavy atom. The fourth-order valence-electron chi connectivity index (χ4n) is 0.826. The highest BCUT2D eigenvalue weighted by atomic mass is 79.9. The monoisotopic (exact) mass is 283 g/mol. The number of aromatic nitrogens is 1. The van der Waals surface area contributed by atoms with Gasteiger partial charge in [0.05, 0.1) is 15.1 Å². The van der Waals surface area contributed by atoms with Crippen LogP contribution in [-0.2, 0) is 9.84 Å². The number of hydrogen-bond acceptors (Lipinski definition) is 3. The molecule has 0 atom stereocenters. The summed E-state index contributed by atoms with van der Waals surface area (Å²) in [5, 5.41) is 0. The maximum atomic E-state index is 11.5. The molecule has 0 amide bonds. The Kier molecular flexibility index (Phi) is 3.70. The van der Waals surface area contributed by atoms with Crippen LogP contribution in [0.25, 0.3) is 0 Å². The summed E-state index contributed by atoms with van der Waals surface area (Å²) in [5.41, 5.74) is 0. The number of hydrogen-bond donors (Lipinski definition) is 0. The molecule has 6 heteroatoms. The first-order chi connectivity index (χ1) is 6.08. The van der Waals surface area contributed by atoms with Gasteiger partial charge in [0.2, 0.25) is 0 Å². The molecule has 0 aliphatic heterocycles. The summed E-state index contributed by atoms with van der Waals surface area (Å²) in [7, 11) is -3.26. The molecule has 0 saturated heterocycles. The molecular formula is C7H7BrClNO2S. The van der Waals surface area contributed by atoms with Crippen LogP contribution in [-0.4, -0.2) is 25.0 Å². The van der Waals surface area contributed by atoms with Crippen LogP contribution in [0, 0.1) is 0 Å². The van der Waals surface area contributed by atoms with Gasteiger partial charge in [-0.3, -0.25) is 4.98 Å². The molecule has 1 aromatic heterocycles. The minimum Gasteiger partial charge on any atom is -0.263 e. The van der Waals surface area contributed by atoms with Gasteiger partial charge in [-0.2, -0.15) is 0 Å². The Bertz CT molecular complexity index is 393. The Balaban J connectivity index is 3.15. The Hall–Kier alpha value is -0.130. The zero-order valence-corrected chi connectivity index (χ0v) is 9.73. The molecule has 0 unspecified atom stereocenters. The molecule has 0 saturated carbocycles. The maximum Gasteiger partial charge on any atom is 0.180 e. The first kappa shape index (κ1) is 10.9. The standard InChI is InChI=1S/C7H7BrClNO2S/c8-6-5-10-3-1-7(6)13(11,12)4-2-9/h1,3,5H,2,4H2. The summed E-state index contributed by atoms with van der Waals surface area (Å²) in [6.45, 7) is 0. The highest BCUT2D eigenvalue weighted by Crippen LogP contribution is 2.21. The smallest absolute Gasteiger partial charge is 0.180 e. The largest absolute Gasteiger partial charge is 0.263 e. The van der Waals surface area contributed by atoms with Crippen molar-refractivity contribution in [1.29, 1.82) is 0 Å². The molecule has 72 valence electrons. The lowest BCUT2D eigenvalue weighted by atomic mass is 10.5. The molecule has 1 aromatic rings. The first-order valence-corrected chi connectivity index (χ1v) is 6.44. The van der Waals surface area contributed by atoms with Gasteiger partial charge in [-0.25, -0.2) is 8.42 Å². The molecule has 0 fully saturated rings. The SMILES string of the molecule is O=S(=O)(CCCl)c1ccncc1Br. The van der Waals surface area contributed by atoms with Crippen LogP contribution in [0.5, 0.6) is 0 Å². The van der Waals surface area contributed by atoms with Gasteiger partial charge in [-0.1, -0.05) is 0 Å². The normalized spacial score (nSPS) is 11.5. The second-order valence-corrected chi connectivity index (χ2v) is 5.62. The molecule has 1 rings (SSSR count). The van der Waals surface area contributed by atoms with E-state index >= 15 is 0 Å². The summed E-state index contributed by atoms with van der Waals surface area (Å²) in [5.74, 6) is 0.0360. The summed E-state index contributed by atoms with van der Waals surface area (Å²) < 4.78 is 23.5. The minimum atomic E-state index is -3.26. The van der Waals surface area contributed by atoms with Crippen LogP contribution in [0.3, 0.4) is 0 Å². The Morgan fingerprint density at radius 1 is 1.54 bits per heavy atom. The van der Waals surface area contributed by atoms with Crippen LogP contribution in [0.15, 0.2) is 27.8 Å². The van der Waals surface area contributed by atoms with Crippen molar-refractivity contribution in [1.82, 2.24) is 4.98 Å². The summed E-state index contributed by atoms with van der Waals surface area (Å²) >= 11 is 8.50. The van der Waals surface area contributed by atoms with E-state index in [9.17, 15) is 8.42 Å². The van der Waals surface area contributed by atoms with Crippen LogP contribution in [0.1, 0.15) is 0 Å². The third-order valence-electron chi connectivity index (χ3n) is 1.42. The van der Waals surface area contributed by atoms with E-state index in [4.69, 9.17) is 11.6 Å². The average molecular weight is 285 g/mol. The number of rotatable bonds is 3. The highest BCUT2D eigenvalue weighted by molar-refractivity contribution is 9.10. The van der Waals surface area contributed by atoms with Crippen molar-refractivity contribution in [2.75, 3.05) is 11.6 Å². The van der Waals surface area contributed by atoms with E-state index in [-0.39, 0.29) is 16.5 Å². The third-order valence-corrected chi connectivity index (χ3v) is 4.49. The summed E-state index contributed by atoms with van der Waals surface area (Å²) in [6.07, 6.45) is 2.88. The highest BCUT2D eigenvalue weighted by Gasteiger charge is 2.16. The molecule has 3 nitrogen and oxygen atoms in total. The first-order valence-electron chi connectivity index (χ1n) is 3.46. The fraction of sp³-hybridized carbons (Fsp3) is 0.286. The van der Waals surface area contributed by atoms with Crippen molar-refractivity contribution in [3.8, 4) is 0 Å². The maximum absolute atomic E-state index is 11.5. The summed E-state index contributed by atoms with van der Waals surface area (Å²) in [4.78, 5) is 4.01. The van der Waals surface area contributed by atoms with E-state index < -0.39 is 9.84 Å². The van der Waals surface area contributed by atoms with Crippen LogP contribution < -0.4 is 0 Å². The van der Waals surface area contributed by atoms with Crippen molar-refractivity contribution in [3.05, 3.63) is 22.9 Å². The lowest BCUT2D eigenvalue weighted by Gasteiger charge is -2.02. The second kappa shape index (κ2) is 4.39. The van der Waals surface area contributed by atoms with Crippen molar-refractivity contribution in [2.45, 2.75) is 4.90 Å². The molecule has 0 radical (unpaired) electrons. The molecule has 13 heavy (non-hydrogen) atoms. The topological polar surface area (TPSA) is 47.0 Å². The van der Waals surface area contributed by atoms with E-state index in [1.165, 1.54) is 18.5 Å². The number of nitrogens with zero attached hydrogens (tertiary/aromatic N) is 1. The van der Waals surface area contributed by atoms with Gasteiger partial charge in [0.15, 0.2) is 9.84 Å². The number of alkyl halides is 1. The predicted octanol–water partition coefficient (Wildman–Crippen LogP) is 1.86. The zero-order chi connectivity index (χ0) is 9.90. The van der Waals surface area contributed by atoms with Crippen LogP contribution in [0.2, 0.25) is 0 Å². The lowest BCUT2D eigenvalue weighted by molar-refractivity contribution is 0.597. The Labute approximate surface area is 90.2 Å². The Morgan fingerprint density at radius 2 is 2.23 bits per heavy atom. The van der Waals surface area contributed by atoms with Crippen LogP contribution >= 0.6 is 27.5 Å². The van der Waals surface area contributed by atoms with E-state index in [1.54, 1.807) is 0 Å². The van der Waals surface area contributed by atoms with Gasteiger partial charge in [-0.05, 0) is 22.0 Å². The molecule has 0 N–H and O–H groups in total. The zero-order valence-electron chi connectivity index (χ0n) is 6.57. The van der Waals surface area contributed by atoms with Crippen molar-refractivity contribution in [3.63, 3.8) is 0 Å². The van der Waals surface area contributed by atoms with E-state index in [1.807, 2.05) is 0 Å². The van der Waals surface area contributed by atoms with Gasteiger partial charge in [0.25, 0.3) is 0 Å². The van der Waals surface area contributed by atoms with Crippen molar-refractivity contribution < 1.29 is 8.42 Å². The number of halogens is 2. The van der Waals surface area contributed by atoms with Gasteiger partial charge in [0, 0.05) is 18.3 Å². The van der Waals surface area contributed by atoms with Crippen molar-refractivity contribution in [2.24, 2.45) is 0 Å². The van der Waals surface area contributed by atoms with Crippen molar-refractivity contribution >= 4 is 37.4 Å². The van der Waals surface area contributed by atoms with E-state index in [0.29, 0.717) is 4.47 Å². The quantitative estimate of drug-likeness (QED) is 0.796. The van der Waals surface area contributed by atoms with Gasteiger partial charge >= 0.3 is 0 Å². The molecule has 0 aliphatic rings. The average Bonchev–Trinajstić information content (AvgIpc) is 2.04. The van der Waals surface area contributed by atoms with Crippen LogP contribution in [0.4, 0.5) is 0 Å². The van der Waals surface area contributed by atoms with Gasteiger partial charge in [-0.15, -0.1) is 11.6 Å². The van der Waals surface area contributed by atoms with E-state index in [2.05, 4.69) is 20.9 Å². The number of pyridine rings is 1. The fourth-order valence-corrected chi connectivity index (χ4v) is 3.47. The molecule has 0 spiro atoms. The molecular weight excluding hydrogens is 278 g/mol. The second-order valence-electron chi connectivity index (χ2n) is 2.31. The molecule has 0 aliphatic carbocycles. The van der Waals surface area contributed by atoms with Gasteiger partial charge in [0.1, 0.15) is 0 Å². The molecule has 0 aromatic carbocycles. The van der Waals surface area contributed by atoms with Gasteiger partial charge < -0.3 is 0 Å². The molecule has 1 heterocycles. The molecule has 0 bridgehead atoms. The predicted molar refractivity (Wildman–Crippen MR) is 54.7 cm³/mol. The number of sulfone groups is 1. The lowest BCUT2D eigenvalue weighted by Crippen LogP contribution is -2.08. The van der Waals surface area contributed by atoms with E-state index in [0.717, 1.165) is 0 Å². The minimum absolute atomic E-state index is 0.0584. The summed E-state index contributed by atoms with van der Waals surface area (Å²) in [6, 6.07) is 1.45. The third kappa shape index (κ3) is 2.65.